The standard InChI is InChI=1S/C21H19NO3S/c23-20(18-13-10-11-14(12-13)19(18)21(24)25)22-16-8-4-5-9-17(16)26-15-6-2-1-3-7-15/h1-11,13-14,18-19H,12H2,(H,22,23)(H,24,25)/t13-,14-,18-,19-/m0/s1. The van der Waals surface area contributed by atoms with Crippen LogP contribution in [-0.2, 0) is 9.59 Å². The number of carbonyl (C=O) groups is 2. The topological polar surface area (TPSA) is 66.4 Å². The van der Waals surface area contributed by atoms with Crippen molar-refractivity contribution < 1.29 is 14.7 Å². The molecule has 2 aromatic carbocycles. The lowest BCUT2D eigenvalue weighted by molar-refractivity contribution is -0.146. The molecule has 2 aromatic rings. The van der Waals surface area contributed by atoms with Gasteiger partial charge in [0.1, 0.15) is 0 Å². The van der Waals surface area contributed by atoms with Crippen molar-refractivity contribution in [2.45, 2.75) is 16.2 Å². The molecule has 2 N–H and O–H groups in total. The first kappa shape index (κ1) is 16.9. The third-order valence-electron chi connectivity index (χ3n) is 5.16. The number of allylic oxidation sites excluding steroid dienone is 2. The molecular formula is C21H19NO3S. The lowest BCUT2D eigenvalue weighted by atomic mass is 9.82. The highest BCUT2D eigenvalue weighted by Gasteiger charge is 2.51. The molecule has 0 heterocycles. The van der Waals surface area contributed by atoms with E-state index in [4.69, 9.17) is 0 Å². The van der Waals surface area contributed by atoms with E-state index in [9.17, 15) is 14.7 Å². The van der Waals surface area contributed by atoms with E-state index in [1.807, 2.05) is 66.7 Å². The van der Waals surface area contributed by atoms with Crippen LogP contribution in [-0.4, -0.2) is 17.0 Å². The van der Waals surface area contributed by atoms with Gasteiger partial charge in [-0.3, -0.25) is 9.59 Å². The first-order valence-electron chi connectivity index (χ1n) is 8.67. The first-order valence-corrected chi connectivity index (χ1v) is 9.49. The molecule has 4 nitrogen and oxygen atoms in total. The number of carboxylic acids is 1. The zero-order valence-electron chi connectivity index (χ0n) is 14.0. The Kier molecular flexibility index (Phi) is 4.55. The summed E-state index contributed by atoms with van der Waals surface area (Å²) in [5, 5.41) is 12.5. The molecule has 5 heteroatoms. The Morgan fingerprint density at radius 1 is 0.923 bits per heavy atom. The Hall–Kier alpha value is -2.53. The van der Waals surface area contributed by atoms with Crippen molar-refractivity contribution in [3.05, 3.63) is 66.7 Å². The number of aliphatic carboxylic acids is 1. The molecule has 4 rings (SSSR count). The van der Waals surface area contributed by atoms with Crippen LogP contribution in [0.1, 0.15) is 6.42 Å². The lowest BCUT2D eigenvalue weighted by Crippen LogP contribution is -2.36. The van der Waals surface area contributed by atoms with Crippen molar-refractivity contribution in [3.8, 4) is 0 Å². The number of carboxylic acid groups (broad SMARTS) is 1. The second-order valence-electron chi connectivity index (χ2n) is 6.74. The molecule has 1 fully saturated rings. The fourth-order valence-corrected chi connectivity index (χ4v) is 4.93. The molecule has 1 amide bonds. The molecule has 0 unspecified atom stereocenters. The van der Waals surface area contributed by atoms with Crippen LogP contribution in [0.5, 0.6) is 0 Å². The lowest BCUT2D eigenvalue weighted by Gasteiger charge is -2.24. The van der Waals surface area contributed by atoms with E-state index < -0.39 is 17.8 Å². The minimum absolute atomic E-state index is 0.0232. The number of hydrogen-bond donors (Lipinski definition) is 2. The number of rotatable bonds is 5. The molecule has 2 aliphatic carbocycles. The summed E-state index contributed by atoms with van der Waals surface area (Å²) in [4.78, 5) is 26.6. The fourth-order valence-electron chi connectivity index (χ4n) is 4.01. The number of amides is 1. The molecule has 2 bridgehead atoms. The molecule has 2 aliphatic rings. The van der Waals surface area contributed by atoms with E-state index in [1.54, 1.807) is 11.8 Å². The molecule has 0 radical (unpaired) electrons. The van der Waals surface area contributed by atoms with E-state index in [0.717, 1.165) is 21.9 Å². The number of hydrogen-bond acceptors (Lipinski definition) is 3. The molecule has 0 aliphatic heterocycles. The van der Waals surface area contributed by atoms with Crippen LogP contribution in [0.4, 0.5) is 5.69 Å². The monoisotopic (exact) mass is 365 g/mol. The smallest absolute Gasteiger partial charge is 0.307 e. The first-order chi connectivity index (χ1) is 12.6. The molecule has 1 saturated carbocycles. The van der Waals surface area contributed by atoms with Crippen LogP contribution in [0.15, 0.2) is 76.5 Å². The second kappa shape index (κ2) is 7.00. The number of anilines is 1. The molecule has 4 atom stereocenters. The zero-order valence-corrected chi connectivity index (χ0v) is 14.9. The second-order valence-corrected chi connectivity index (χ2v) is 7.85. The molecule has 0 aromatic heterocycles. The SMILES string of the molecule is O=C(O)[C@@H]1[C@@H](C(=O)Nc2ccccc2Sc2ccccc2)[C@H]2C=C[C@H]1C2. The molecule has 0 saturated heterocycles. The van der Waals surface area contributed by atoms with Crippen molar-refractivity contribution in [3.63, 3.8) is 0 Å². The summed E-state index contributed by atoms with van der Waals surface area (Å²) in [5.74, 6) is -2.21. The maximum Gasteiger partial charge on any atom is 0.307 e. The van der Waals surface area contributed by atoms with E-state index in [-0.39, 0.29) is 17.7 Å². The Morgan fingerprint density at radius 2 is 1.58 bits per heavy atom. The number of fused-ring (bicyclic) bond motifs is 2. The highest BCUT2D eigenvalue weighted by Crippen LogP contribution is 2.48. The highest BCUT2D eigenvalue weighted by atomic mass is 32.2. The Bertz CT molecular complexity index is 865. The molecule has 132 valence electrons. The van der Waals surface area contributed by atoms with E-state index in [1.165, 1.54) is 0 Å². The van der Waals surface area contributed by atoms with Gasteiger partial charge in [0.15, 0.2) is 0 Å². The third kappa shape index (κ3) is 3.15. The average Bonchev–Trinajstić information content (AvgIpc) is 3.25. The third-order valence-corrected chi connectivity index (χ3v) is 6.25. The Balaban J connectivity index is 1.55. The predicted octanol–water partition coefficient (Wildman–Crippen LogP) is 4.30. The van der Waals surface area contributed by atoms with E-state index in [2.05, 4.69) is 5.32 Å². The van der Waals surface area contributed by atoms with Crippen LogP contribution in [0, 0.1) is 23.7 Å². The van der Waals surface area contributed by atoms with Gasteiger partial charge in [0.25, 0.3) is 0 Å². The van der Waals surface area contributed by atoms with Crippen LogP contribution in [0.2, 0.25) is 0 Å². The largest absolute Gasteiger partial charge is 0.481 e. The Labute approximate surface area is 156 Å². The van der Waals surface area contributed by atoms with Gasteiger partial charge in [-0.15, -0.1) is 0 Å². The van der Waals surface area contributed by atoms with Gasteiger partial charge in [-0.1, -0.05) is 54.2 Å². The van der Waals surface area contributed by atoms with Gasteiger partial charge in [0.05, 0.1) is 17.5 Å². The summed E-state index contributed by atoms with van der Waals surface area (Å²) >= 11 is 1.58. The van der Waals surface area contributed by atoms with Crippen LogP contribution >= 0.6 is 11.8 Å². The van der Waals surface area contributed by atoms with Crippen molar-refractivity contribution in [1.29, 1.82) is 0 Å². The van der Waals surface area contributed by atoms with Crippen molar-refractivity contribution >= 4 is 29.3 Å². The summed E-state index contributed by atoms with van der Waals surface area (Å²) in [6.07, 6.45) is 4.71. The minimum atomic E-state index is -0.881. The van der Waals surface area contributed by atoms with Gasteiger partial charge in [-0.2, -0.15) is 0 Å². The van der Waals surface area contributed by atoms with Gasteiger partial charge in [-0.25, -0.2) is 0 Å². The van der Waals surface area contributed by atoms with Gasteiger partial charge in [0.2, 0.25) is 5.91 Å². The fraction of sp³-hybridized carbons (Fsp3) is 0.238. The van der Waals surface area contributed by atoms with Gasteiger partial charge < -0.3 is 10.4 Å². The number of para-hydroxylation sites is 1. The van der Waals surface area contributed by atoms with Gasteiger partial charge >= 0.3 is 5.97 Å². The molecular weight excluding hydrogens is 346 g/mol. The Morgan fingerprint density at radius 3 is 2.31 bits per heavy atom. The average molecular weight is 365 g/mol. The number of carbonyl (C=O) groups excluding carboxylic acids is 1. The van der Waals surface area contributed by atoms with E-state index in [0.29, 0.717) is 0 Å². The molecule has 26 heavy (non-hydrogen) atoms. The number of benzene rings is 2. The van der Waals surface area contributed by atoms with Crippen LogP contribution in [0.25, 0.3) is 0 Å². The highest BCUT2D eigenvalue weighted by molar-refractivity contribution is 7.99. The summed E-state index contributed by atoms with van der Waals surface area (Å²) in [6, 6.07) is 17.6. The zero-order chi connectivity index (χ0) is 18.1. The summed E-state index contributed by atoms with van der Waals surface area (Å²) in [6.45, 7) is 0. The quantitative estimate of drug-likeness (QED) is 0.776. The van der Waals surface area contributed by atoms with Crippen molar-refractivity contribution in [1.82, 2.24) is 0 Å². The minimum Gasteiger partial charge on any atom is -0.481 e. The number of nitrogens with one attached hydrogen (secondary N) is 1. The summed E-state index contributed by atoms with van der Waals surface area (Å²) in [5.41, 5.74) is 0.724. The van der Waals surface area contributed by atoms with Crippen LogP contribution in [0.3, 0.4) is 0 Å². The van der Waals surface area contributed by atoms with Gasteiger partial charge in [-0.05, 0) is 42.5 Å². The van der Waals surface area contributed by atoms with Crippen LogP contribution < -0.4 is 5.32 Å². The normalized spacial score (nSPS) is 26.0. The summed E-state index contributed by atoms with van der Waals surface area (Å²) in [7, 11) is 0. The summed E-state index contributed by atoms with van der Waals surface area (Å²) < 4.78 is 0. The maximum absolute atomic E-state index is 12.9. The van der Waals surface area contributed by atoms with Crippen molar-refractivity contribution in [2.75, 3.05) is 5.32 Å². The van der Waals surface area contributed by atoms with Crippen molar-refractivity contribution in [2.24, 2.45) is 23.7 Å². The predicted molar refractivity (Wildman–Crippen MR) is 101 cm³/mol. The maximum atomic E-state index is 12.9. The van der Waals surface area contributed by atoms with E-state index >= 15 is 0 Å². The molecule has 0 spiro atoms. The van der Waals surface area contributed by atoms with Gasteiger partial charge in [0, 0.05) is 9.79 Å².